The van der Waals surface area contributed by atoms with Crippen LogP contribution in [0.4, 0.5) is 5.13 Å². The molecule has 0 aromatic carbocycles. The number of nitrogens with zero attached hydrogens (tertiary/aromatic N) is 2. The molecule has 0 spiro atoms. The van der Waals surface area contributed by atoms with Crippen molar-refractivity contribution in [2.45, 2.75) is 45.4 Å². The van der Waals surface area contributed by atoms with Crippen molar-refractivity contribution in [3.8, 4) is 0 Å². The van der Waals surface area contributed by atoms with Crippen molar-refractivity contribution < 1.29 is 9.90 Å². The highest BCUT2D eigenvalue weighted by atomic mass is 32.1. The number of hydrogen-bond acceptors (Lipinski definition) is 4. The van der Waals surface area contributed by atoms with E-state index in [1.165, 1.54) is 11.3 Å². The summed E-state index contributed by atoms with van der Waals surface area (Å²) in [4.78, 5) is 18.7. The third kappa shape index (κ3) is 2.61. The van der Waals surface area contributed by atoms with Crippen LogP contribution in [0.2, 0.25) is 0 Å². The Morgan fingerprint density at radius 1 is 1.37 bits per heavy atom. The van der Waals surface area contributed by atoms with E-state index < -0.39 is 5.97 Å². The van der Waals surface area contributed by atoms with E-state index in [9.17, 15) is 9.90 Å². The van der Waals surface area contributed by atoms with E-state index in [1.807, 2.05) is 0 Å². The Morgan fingerprint density at radius 2 is 2.00 bits per heavy atom. The van der Waals surface area contributed by atoms with Crippen molar-refractivity contribution in [3.05, 3.63) is 10.6 Å². The normalized spacial score (nSPS) is 22.5. The predicted molar refractivity (Wildman–Crippen MR) is 76.3 cm³/mol. The van der Waals surface area contributed by atoms with Gasteiger partial charge in [-0.25, -0.2) is 9.78 Å². The van der Waals surface area contributed by atoms with E-state index in [-0.39, 0.29) is 0 Å². The first-order valence-electron chi connectivity index (χ1n) is 6.95. The number of piperidine rings is 1. The first-order chi connectivity index (χ1) is 8.96. The molecule has 1 saturated heterocycles. The van der Waals surface area contributed by atoms with Gasteiger partial charge >= 0.3 is 5.97 Å². The van der Waals surface area contributed by atoms with Crippen LogP contribution in [0.3, 0.4) is 0 Å². The molecule has 5 heteroatoms. The Kier molecular flexibility index (Phi) is 3.04. The SMILES string of the molecule is CC1(C)CCN(c2nc(C3CC3)c(C(=O)O)s2)CC1. The molecule has 1 aliphatic carbocycles. The van der Waals surface area contributed by atoms with Crippen LogP contribution in [0.15, 0.2) is 0 Å². The number of aromatic carboxylic acids is 1. The highest BCUT2D eigenvalue weighted by Gasteiger charge is 2.34. The maximum Gasteiger partial charge on any atom is 0.347 e. The zero-order valence-corrected chi connectivity index (χ0v) is 12.3. The summed E-state index contributed by atoms with van der Waals surface area (Å²) < 4.78 is 0. The topological polar surface area (TPSA) is 53.4 Å². The Bertz CT molecular complexity index is 496. The van der Waals surface area contributed by atoms with E-state index >= 15 is 0 Å². The standard InChI is InChI=1S/C14H20N2O2S/c1-14(2)5-7-16(8-6-14)13-15-10(9-3-4-9)11(19-13)12(17)18/h9H,3-8H2,1-2H3,(H,17,18). The minimum atomic E-state index is -0.817. The summed E-state index contributed by atoms with van der Waals surface area (Å²) in [5.41, 5.74) is 1.24. The number of hydrogen-bond donors (Lipinski definition) is 1. The molecule has 104 valence electrons. The number of thiazole rings is 1. The molecule has 1 aromatic rings. The largest absolute Gasteiger partial charge is 0.477 e. The van der Waals surface area contributed by atoms with Gasteiger partial charge in [0, 0.05) is 19.0 Å². The lowest BCUT2D eigenvalue weighted by molar-refractivity contribution is 0.0700. The van der Waals surface area contributed by atoms with Gasteiger partial charge in [-0.1, -0.05) is 25.2 Å². The van der Waals surface area contributed by atoms with Crippen LogP contribution < -0.4 is 4.90 Å². The van der Waals surface area contributed by atoms with Gasteiger partial charge in [0.05, 0.1) is 5.69 Å². The molecule has 2 fully saturated rings. The minimum Gasteiger partial charge on any atom is -0.477 e. The zero-order valence-electron chi connectivity index (χ0n) is 11.5. The van der Waals surface area contributed by atoms with Crippen LogP contribution >= 0.6 is 11.3 Å². The van der Waals surface area contributed by atoms with Crippen molar-refractivity contribution in [3.63, 3.8) is 0 Å². The summed E-state index contributed by atoms with van der Waals surface area (Å²) in [7, 11) is 0. The molecule has 19 heavy (non-hydrogen) atoms. The quantitative estimate of drug-likeness (QED) is 0.922. The molecule has 0 bridgehead atoms. The lowest BCUT2D eigenvalue weighted by atomic mass is 9.83. The van der Waals surface area contributed by atoms with Gasteiger partial charge in [-0.2, -0.15) is 0 Å². The van der Waals surface area contributed by atoms with Crippen LogP contribution in [0.25, 0.3) is 0 Å². The maximum absolute atomic E-state index is 11.3. The number of aromatic nitrogens is 1. The highest BCUT2D eigenvalue weighted by molar-refractivity contribution is 7.17. The fourth-order valence-corrected chi connectivity index (χ4v) is 3.59. The molecule has 2 heterocycles. The third-order valence-corrected chi connectivity index (χ3v) is 5.31. The van der Waals surface area contributed by atoms with Gasteiger partial charge in [0.15, 0.2) is 5.13 Å². The van der Waals surface area contributed by atoms with Crippen LogP contribution in [0.1, 0.15) is 60.8 Å². The molecular formula is C14H20N2O2S. The van der Waals surface area contributed by atoms with Crippen molar-refractivity contribution in [2.24, 2.45) is 5.41 Å². The summed E-state index contributed by atoms with van der Waals surface area (Å²) in [6.07, 6.45) is 4.48. The first kappa shape index (κ1) is 12.9. The molecule has 3 rings (SSSR count). The van der Waals surface area contributed by atoms with E-state index in [4.69, 9.17) is 0 Å². The summed E-state index contributed by atoms with van der Waals surface area (Å²) in [5, 5.41) is 10.2. The number of carboxylic acid groups (broad SMARTS) is 1. The van der Waals surface area contributed by atoms with Gasteiger partial charge in [-0.05, 0) is 31.1 Å². The number of rotatable bonds is 3. The zero-order chi connectivity index (χ0) is 13.6. The smallest absolute Gasteiger partial charge is 0.347 e. The fourth-order valence-electron chi connectivity index (χ4n) is 2.55. The lowest BCUT2D eigenvalue weighted by Gasteiger charge is -2.36. The summed E-state index contributed by atoms with van der Waals surface area (Å²) in [6.45, 7) is 6.57. The molecule has 0 radical (unpaired) electrons. The van der Waals surface area contributed by atoms with Gasteiger partial charge in [0.2, 0.25) is 0 Å². The van der Waals surface area contributed by atoms with E-state index in [0.717, 1.165) is 49.6 Å². The van der Waals surface area contributed by atoms with Gasteiger partial charge in [0.1, 0.15) is 4.88 Å². The van der Waals surface area contributed by atoms with Crippen molar-refractivity contribution in [1.82, 2.24) is 4.98 Å². The highest BCUT2D eigenvalue weighted by Crippen LogP contribution is 2.44. The molecule has 1 aliphatic heterocycles. The third-order valence-electron chi connectivity index (χ3n) is 4.19. The molecule has 0 unspecified atom stereocenters. The summed E-state index contributed by atoms with van der Waals surface area (Å²) >= 11 is 1.36. The molecule has 2 aliphatic rings. The minimum absolute atomic E-state index is 0.400. The Morgan fingerprint density at radius 3 is 2.53 bits per heavy atom. The molecule has 4 nitrogen and oxygen atoms in total. The monoisotopic (exact) mass is 280 g/mol. The lowest BCUT2D eigenvalue weighted by Crippen LogP contribution is -2.37. The second-order valence-corrected chi connectivity index (χ2v) is 7.42. The van der Waals surface area contributed by atoms with Gasteiger partial charge in [-0.15, -0.1) is 0 Å². The van der Waals surface area contributed by atoms with Gasteiger partial charge in [0.25, 0.3) is 0 Å². The summed E-state index contributed by atoms with van der Waals surface area (Å²) in [5.74, 6) is -0.416. The summed E-state index contributed by atoms with van der Waals surface area (Å²) in [6, 6.07) is 0. The molecular weight excluding hydrogens is 260 g/mol. The van der Waals surface area contributed by atoms with Gasteiger partial charge < -0.3 is 10.0 Å². The van der Waals surface area contributed by atoms with Crippen molar-refractivity contribution in [2.75, 3.05) is 18.0 Å². The second kappa shape index (κ2) is 4.47. The number of carbonyl (C=O) groups is 1. The number of carboxylic acids is 1. The molecule has 1 saturated carbocycles. The molecule has 1 N–H and O–H groups in total. The predicted octanol–water partition coefficient (Wildman–Crippen LogP) is 3.35. The second-order valence-electron chi connectivity index (χ2n) is 6.44. The van der Waals surface area contributed by atoms with E-state index in [0.29, 0.717) is 16.2 Å². The van der Waals surface area contributed by atoms with E-state index in [2.05, 4.69) is 23.7 Å². The van der Waals surface area contributed by atoms with Crippen LogP contribution in [0, 0.1) is 5.41 Å². The molecule has 1 aromatic heterocycles. The van der Waals surface area contributed by atoms with Crippen molar-refractivity contribution in [1.29, 1.82) is 0 Å². The van der Waals surface area contributed by atoms with Crippen molar-refractivity contribution >= 4 is 22.4 Å². The maximum atomic E-state index is 11.3. The van der Waals surface area contributed by atoms with Crippen LogP contribution in [-0.2, 0) is 0 Å². The molecule has 0 atom stereocenters. The van der Waals surface area contributed by atoms with Crippen LogP contribution in [-0.4, -0.2) is 29.1 Å². The number of anilines is 1. The van der Waals surface area contributed by atoms with E-state index in [1.54, 1.807) is 0 Å². The fraction of sp³-hybridized carbons (Fsp3) is 0.714. The molecule has 0 amide bonds. The average Bonchev–Trinajstić information content (AvgIpc) is 3.08. The first-order valence-corrected chi connectivity index (χ1v) is 7.77. The Labute approximate surface area is 117 Å². The Hall–Kier alpha value is -1.10. The van der Waals surface area contributed by atoms with Gasteiger partial charge in [-0.3, -0.25) is 0 Å². The average molecular weight is 280 g/mol. The Balaban J connectivity index is 1.82. The van der Waals surface area contributed by atoms with Crippen LogP contribution in [0.5, 0.6) is 0 Å².